The molecule has 11 heteroatoms. The van der Waals surface area contributed by atoms with Crippen LogP contribution in [0.1, 0.15) is 21.5 Å². The van der Waals surface area contributed by atoms with Gasteiger partial charge < -0.3 is 30.9 Å². The number of amides is 1. The lowest BCUT2D eigenvalue weighted by atomic mass is 9.82. The summed E-state index contributed by atoms with van der Waals surface area (Å²) in [7, 11) is 0. The van der Waals surface area contributed by atoms with Gasteiger partial charge in [-0.15, -0.1) is 17.0 Å². The number of phenols is 1. The van der Waals surface area contributed by atoms with E-state index in [1.54, 1.807) is 18.2 Å². The molecule has 37 heavy (non-hydrogen) atoms. The first-order valence-electron chi connectivity index (χ1n) is 11.4. The minimum Gasteiger partial charge on any atom is -0.508 e. The first kappa shape index (κ1) is 27.1. The molecular weight excluding hydrogens is 572 g/mol. The van der Waals surface area contributed by atoms with Crippen LogP contribution in [0.25, 0.3) is 11.1 Å². The third-order valence-corrected chi connectivity index (χ3v) is 7.23. The molecule has 1 atom stereocenters. The third-order valence-electron chi connectivity index (χ3n) is 6.86. The van der Waals surface area contributed by atoms with Crippen LogP contribution in [0.15, 0.2) is 42.5 Å². The average molecular weight is 597 g/mol. The number of nitrogens with zero attached hydrogens (tertiary/aromatic N) is 1. The van der Waals surface area contributed by atoms with Gasteiger partial charge in [-0.05, 0) is 41.5 Å². The molecule has 2 heterocycles. The highest BCUT2D eigenvalue weighted by Crippen LogP contribution is 2.53. The molecule has 1 saturated heterocycles. The number of anilines is 1. The number of benzene rings is 3. The quantitative estimate of drug-likeness (QED) is 0.344. The summed E-state index contributed by atoms with van der Waals surface area (Å²) >= 11 is 6.48. The highest BCUT2D eigenvalue weighted by Gasteiger charge is 2.48. The molecule has 1 unspecified atom stereocenters. The number of hydrogen-bond donors (Lipinski definition) is 4. The van der Waals surface area contributed by atoms with Crippen molar-refractivity contribution in [3.63, 3.8) is 0 Å². The number of aliphatic hydroxyl groups excluding tert-OH is 1. The summed E-state index contributed by atoms with van der Waals surface area (Å²) in [6, 6.07) is 10.7. The zero-order valence-corrected chi connectivity index (χ0v) is 22.0. The molecule has 3 aromatic carbocycles. The molecule has 196 valence electrons. The molecule has 0 spiro atoms. The van der Waals surface area contributed by atoms with Gasteiger partial charge in [0.1, 0.15) is 18.2 Å². The van der Waals surface area contributed by atoms with Crippen molar-refractivity contribution in [3.8, 4) is 22.6 Å². The summed E-state index contributed by atoms with van der Waals surface area (Å²) in [6.45, 7) is 1.10. The van der Waals surface area contributed by atoms with Gasteiger partial charge in [0.2, 0.25) is 5.91 Å². The van der Waals surface area contributed by atoms with Gasteiger partial charge in [0.05, 0.1) is 22.7 Å². The Kier molecular flexibility index (Phi) is 7.66. The van der Waals surface area contributed by atoms with Crippen molar-refractivity contribution >= 4 is 40.2 Å². The molecule has 5 N–H and O–H groups in total. The van der Waals surface area contributed by atoms with Crippen LogP contribution in [0, 0.1) is 11.6 Å². The number of aromatic hydroxyl groups is 1. The number of primary amides is 1. The number of fused-ring (bicyclic) bond motifs is 3. The van der Waals surface area contributed by atoms with E-state index in [9.17, 15) is 9.90 Å². The van der Waals surface area contributed by atoms with Crippen LogP contribution in [0.3, 0.4) is 0 Å². The Labute approximate surface area is 227 Å². The number of rotatable bonds is 6. The van der Waals surface area contributed by atoms with Crippen molar-refractivity contribution in [3.05, 3.63) is 75.8 Å². The molecule has 0 aliphatic carbocycles. The Balaban J connectivity index is 0.00000320. The fourth-order valence-electron chi connectivity index (χ4n) is 5.36. The van der Waals surface area contributed by atoms with Gasteiger partial charge in [0, 0.05) is 42.9 Å². The van der Waals surface area contributed by atoms with Crippen LogP contribution in [0.4, 0.5) is 14.5 Å². The molecule has 0 saturated carbocycles. The second-order valence-electron chi connectivity index (χ2n) is 8.87. The molecule has 1 amide bonds. The lowest BCUT2D eigenvalue weighted by Crippen LogP contribution is -2.57. The molecule has 7 nitrogen and oxygen atoms in total. The standard InChI is InChI=1S/C26H24ClF2N3O4.BrH/c27-23-18(28)11-19-17(12-26(13-31-6-7-32(19)26)14-2-1-3-15(34)10-14)21(23)22-16(25(30)35)4-5-20(24(22)29)36-9-8-33;/h1-5,10-11,31,33-34H,6-9,12-13H2,(H2,30,35);1H. The summed E-state index contributed by atoms with van der Waals surface area (Å²) in [5, 5.41) is 22.3. The second kappa shape index (κ2) is 10.4. The number of hydrogen-bond acceptors (Lipinski definition) is 6. The minimum atomic E-state index is -0.927. The van der Waals surface area contributed by atoms with Crippen LogP contribution in [0.5, 0.6) is 11.5 Å². The topological polar surface area (TPSA) is 108 Å². The van der Waals surface area contributed by atoms with Crippen molar-refractivity contribution < 1.29 is 28.5 Å². The Morgan fingerprint density at radius 2 is 2.00 bits per heavy atom. The second-order valence-corrected chi connectivity index (χ2v) is 9.25. The van der Waals surface area contributed by atoms with Crippen molar-refractivity contribution in [2.75, 3.05) is 37.7 Å². The number of carbonyl (C=O) groups is 1. The van der Waals surface area contributed by atoms with Crippen LogP contribution in [-0.4, -0.2) is 49.0 Å². The SMILES string of the molecule is Br.NC(=O)c1ccc(OCCO)c(F)c1-c1c(Cl)c(F)cc2c1CC1(c3cccc(O)c3)CNCCN21. The average Bonchev–Trinajstić information content (AvgIpc) is 3.19. The first-order chi connectivity index (χ1) is 17.3. The number of aliphatic hydroxyl groups is 1. The van der Waals surface area contributed by atoms with Crippen LogP contribution < -0.4 is 20.7 Å². The van der Waals surface area contributed by atoms with Gasteiger partial charge in [-0.25, -0.2) is 8.78 Å². The number of nitrogens with one attached hydrogen (secondary N) is 1. The first-order valence-corrected chi connectivity index (χ1v) is 11.8. The Morgan fingerprint density at radius 3 is 2.70 bits per heavy atom. The molecule has 0 bridgehead atoms. The molecule has 2 aliphatic heterocycles. The lowest BCUT2D eigenvalue weighted by Gasteiger charge is -2.45. The zero-order valence-electron chi connectivity index (χ0n) is 19.6. The van der Waals surface area contributed by atoms with E-state index < -0.39 is 23.1 Å². The molecule has 2 aliphatic rings. The number of halogens is 4. The predicted octanol–water partition coefficient (Wildman–Crippen LogP) is 3.90. The Morgan fingerprint density at radius 1 is 1.22 bits per heavy atom. The number of nitrogens with two attached hydrogens (primary N) is 1. The van der Waals surface area contributed by atoms with E-state index in [1.165, 1.54) is 18.2 Å². The summed E-state index contributed by atoms with van der Waals surface area (Å²) in [5.74, 6) is -2.75. The zero-order chi connectivity index (χ0) is 25.6. The highest BCUT2D eigenvalue weighted by atomic mass is 79.9. The maximum atomic E-state index is 15.9. The fourth-order valence-corrected chi connectivity index (χ4v) is 5.62. The maximum absolute atomic E-state index is 15.9. The van der Waals surface area contributed by atoms with E-state index in [4.69, 9.17) is 27.2 Å². The number of piperazine rings is 1. The Bertz CT molecular complexity index is 1380. The van der Waals surface area contributed by atoms with E-state index in [-0.39, 0.29) is 63.4 Å². The molecule has 0 radical (unpaired) electrons. The van der Waals surface area contributed by atoms with Gasteiger partial charge in [0.25, 0.3) is 0 Å². The number of carbonyl (C=O) groups excluding carboxylic acids is 1. The van der Waals surface area contributed by atoms with Gasteiger partial charge in [0.15, 0.2) is 11.6 Å². The van der Waals surface area contributed by atoms with Crippen LogP contribution >= 0.6 is 28.6 Å². The minimum absolute atomic E-state index is 0. The number of ether oxygens (including phenoxy) is 1. The van der Waals surface area contributed by atoms with E-state index in [0.717, 1.165) is 5.56 Å². The number of phenolic OH excluding ortho intramolecular Hbond substituents is 1. The van der Waals surface area contributed by atoms with Gasteiger partial charge in [-0.1, -0.05) is 23.7 Å². The summed E-state index contributed by atoms with van der Waals surface area (Å²) in [6.07, 6.45) is 0.299. The van der Waals surface area contributed by atoms with E-state index in [1.807, 2.05) is 11.0 Å². The van der Waals surface area contributed by atoms with Crippen LogP contribution in [-0.2, 0) is 12.0 Å². The summed E-state index contributed by atoms with van der Waals surface area (Å²) in [5.41, 5.74) is 6.35. The van der Waals surface area contributed by atoms with E-state index in [0.29, 0.717) is 37.3 Å². The van der Waals surface area contributed by atoms with Gasteiger partial charge in [-0.3, -0.25) is 4.79 Å². The van der Waals surface area contributed by atoms with E-state index in [2.05, 4.69) is 5.32 Å². The van der Waals surface area contributed by atoms with Crippen LogP contribution in [0.2, 0.25) is 5.02 Å². The Hall–Kier alpha value is -2.92. The molecule has 1 fully saturated rings. The summed E-state index contributed by atoms with van der Waals surface area (Å²) < 4.78 is 36.5. The van der Waals surface area contributed by atoms with Crippen molar-refractivity contribution in [2.24, 2.45) is 5.73 Å². The highest BCUT2D eigenvalue weighted by molar-refractivity contribution is 8.93. The van der Waals surface area contributed by atoms with Crippen molar-refractivity contribution in [1.82, 2.24) is 5.32 Å². The largest absolute Gasteiger partial charge is 0.508 e. The monoisotopic (exact) mass is 595 g/mol. The molecule has 5 rings (SSSR count). The smallest absolute Gasteiger partial charge is 0.249 e. The van der Waals surface area contributed by atoms with Crippen molar-refractivity contribution in [2.45, 2.75) is 12.0 Å². The molecule has 0 aromatic heterocycles. The van der Waals surface area contributed by atoms with E-state index >= 15 is 8.78 Å². The fraction of sp³-hybridized carbons (Fsp3) is 0.269. The van der Waals surface area contributed by atoms with Gasteiger partial charge >= 0.3 is 0 Å². The molecular formula is C26H25BrClF2N3O4. The normalized spacial score (nSPS) is 18.1. The summed E-state index contributed by atoms with van der Waals surface area (Å²) in [4.78, 5) is 14.4. The lowest BCUT2D eigenvalue weighted by molar-refractivity contribution is 0.100. The maximum Gasteiger partial charge on any atom is 0.249 e. The third kappa shape index (κ3) is 4.41. The predicted molar refractivity (Wildman–Crippen MR) is 142 cm³/mol. The van der Waals surface area contributed by atoms with Crippen molar-refractivity contribution in [1.29, 1.82) is 0 Å². The van der Waals surface area contributed by atoms with Gasteiger partial charge in [-0.2, -0.15) is 0 Å². The molecule has 3 aromatic rings.